The summed E-state index contributed by atoms with van der Waals surface area (Å²) in [5, 5.41) is 9.19. The lowest BCUT2D eigenvalue weighted by Crippen LogP contribution is -2.40. The number of hydrogen-bond acceptors (Lipinski definition) is 3. The van der Waals surface area contributed by atoms with Crippen LogP contribution in [0.2, 0.25) is 0 Å². The van der Waals surface area contributed by atoms with Gasteiger partial charge in [-0.05, 0) is 50.4 Å². The summed E-state index contributed by atoms with van der Waals surface area (Å²) in [6.07, 6.45) is 3.04. The zero-order valence-corrected chi connectivity index (χ0v) is 13.5. The number of fused-ring (bicyclic) bond motifs is 1. The molecule has 5 nitrogen and oxygen atoms in total. The van der Waals surface area contributed by atoms with Crippen molar-refractivity contribution in [3.05, 3.63) is 23.8 Å². The van der Waals surface area contributed by atoms with Crippen molar-refractivity contribution in [3.8, 4) is 0 Å². The first-order valence-electron chi connectivity index (χ1n) is 7.59. The van der Waals surface area contributed by atoms with Crippen LogP contribution in [0, 0.1) is 5.92 Å². The van der Waals surface area contributed by atoms with Crippen LogP contribution in [0.1, 0.15) is 31.7 Å². The van der Waals surface area contributed by atoms with Crippen LogP contribution in [0.5, 0.6) is 0 Å². The van der Waals surface area contributed by atoms with Gasteiger partial charge in [-0.1, -0.05) is 6.07 Å². The molecule has 1 saturated heterocycles. The van der Waals surface area contributed by atoms with E-state index in [9.17, 15) is 9.59 Å². The van der Waals surface area contributed by atoms with E-state index in [4.69, 9.17) is 0 Å². The highest BCUT2D eigenvalue weighted by atomic mass is 35.5. The number of rotatable bonds is 2. The van der Waals surface area contributed by atoms with Crippen LogP contribution in [0.3, 0.4) is 0 Å². The SMILES string of the molecule is C[C@H]1C[C@@H](C(=O)Nc2ccc3c(c2)NC(=O)CC3)CCN1.Cl. The van der Waals surface area contributed by atoms with Gasteiger partial charge in [-0.3, -0.25) is 9.59 Å². The molecule has 0 spiro atoms. The number of aryl methyl sites for hydroxylation is 1. The maximum absolute atomic E-state index is 12.3. The highest BCUT2D eigenvalue weighted by molar-refractivity contribution is 5.97. The molecule has 3 rings (SSSR count). The predicted molar refractivity (Wildman–Crippen MR) is 89.5 cm³/mol. The van der Waals surface area contributed by atoms with Crippen LogP contribution in [0.25, 0.3) is 0 Å². The minimum absolute atomic E-state index is 0. The number of amides is 2. The maximum Gasteiger partial charge on any atom is 0.227 e. The third-order valence-electron chi connectivity index (χ3n) is 4.27. The Balaban J connectivity index is 0.00000176. The largest absolute Gasteiger partial charge is 0.326 e. The second kappa shape index (κ2) is 7.11. The van der Waals surface area contributed by atoms with Crippen molar-refractivity contribution in [3.63, 3.8) is 0 Å². The lowest BCUT2D eigenvalue weighted by Gasteiger charge is -2.27. The number of hydrogen-bond donors (Lipinski definition) is 3. The van der Waals surface area contributed by atoms with Crippen molar-refractivity contribution in [2.45, 2.75) is 38.6 Å². The molecule has 6 heteroatoms. The molecule has 2 aliphatic heterocycles. The van der Waals surface area contributed by atoms with Gasteiger partial charge in [0, 0.05) is 29.8 Å². The molecule has 1 aromatic rings. The van der Waals surface area contributed by atoms with Crippen LogP contribution in [0.4, 0.5) is 11.4 Å². The van der Waals surface area contributed by atoms with Gasteiger partial charge >= 0.3 is 0 Å². The molecule has 0 aromatic heterocycles. The lowest BCUT2D eigenvalue weighted by molar-refractivity contribution is -0.121. The average molecular weight is 324 g/mol. The summed E-state index contributed by atoms with van der Waals surface area (Å²) in [7, 11) is 0. The third kappa shape index (κ3) is 3.78. The van der Waals surface area contributed by atoms with Crippen molar-refractivity contribution in [2.24, 2.45) is 5.92 Å². The van der Waals surface area contributed by atoms with E-state index in [2.05, 4.69) is 22.9 Å². The van der Waals surface area contributed by atoms with Crippen molar-refractivity contribution >= 4 is 35.6 Å². The Labute approximate surface area is 136 Å². The zero-order valence-electron chi connectivity index (χ0n) is 12.6. The fourth-order valence-electron chi connectivity index (χ4n) is 3.06. The molecule has 1 fully saturated rings. The fraction of sp³-hybridized carbons (Fsp3) is 0.500. The Kier molecular flexibility index (Phi) is 5.42. The van der Waals surface area contributed by atoms with Gasteiger partial charge < -0.3 is 16.0 Å². The Hall–Kier alpha value is -1.59. The van der Waals surface area contributed by atoms with Crippen LogP contribution in [0.15, 0.2) is 18.2 Å². The molecule has 22 heavy (non-hydrogen) atoms. The molecular weight excluding hydrogens is 302 g/mol. The minimum Gasteiger partial charge on any atom is -0.326 e. The summed E-state index contributed by atoms with van der Waals surface area (Å²) in [5.41, 5.74) is 2.71. The molecule has 120 valence electrons. The van der Waals surface area contributed by atoms with Gasteiger partial charge in [-0.2, -0.15) is 0 Å². The number of carbonyl (C=O) groups excluding carboxylic acids is 2. The monoisotopic (exact) mass is 323 g/mol. The van der Waals surface area contributed by atoms with Gasteiger partial charge in [0.25, 0.3) is 0 Å². The predicted octanol–water partition coefficient (Wildman–Crippen LogP) is 2.32. The van der Waals surface area contributed by atoms with Crippen LogP contribution < -0.4 is 16.0 Å². The maximum atomic E-state index is 12.3. The number of carbonyl (C=O) groups is 2. The van der Waals surface area contributed by atoms with E-state index in [0.29, 0.717) is 12.5 Å². The summed E-state index contributed by atoms with van der Waals surface area (Å²) in [4.78, 5) is 23.8. The molecule has 0 unspecified atom stereocenters. The van der Waals surface area contributed by atoms with Crippen molar-refractivity contribution in [1.29, 1.82) is 0 Å². The minimum atomic E-state index is 0. The molecule has 3 N–H and O–H groups in total. The zero-order chi connectivity index (χ0) is 14.8. The van der Waals surface area contributed by atoms with Gasteiger partial charge in [0.1, 0.15) is 0 Å². The number of benzene rings is 1. The first-order valence-corrected chi connectivity index (χ1v) is 7.59. The first kappa shape index (κ1) is 16.8. The molecule has 2 amide bonds. The smallest absolute Gasteiger partial charge is 0.227 e. The van der Waals surface area contributed by atoms with Crippen LogP contribution in [-0.4, -0.2) is 24.4 Å². The van der Waals surface area contributed by atoms with Crippen molar-refractivity contribution < 1.29 is 9.59 Å². The van der Waals surface area contributed by atoms with Crippen LogP contribution >= 0.6 is 12.4 Å². The Morgan fingerprint density at radius 2 is 2.14 bits per heavy atom. The molecule has 2 heterocycles. The van der Waals surface area contributed by atoms with E-state index in [-0.39, 0.29) is 30.1 Å². The van der Waals surface area contributed by atoms with E-state index < -0.39 is 0 Å². The highest BCUT2D eigenvalue weighted by Crippen LogP contribution is 2.27. The van der Waals surface area contributed by atoms with E-state index in [1.165, 1.54) is 0 Å². The van der Waals surface area contributed by atoms with Gasteiger partial charge in [0.05, 0.1) is 0 Å². The lowest BCUT2D eigenvalue weighted by atomic mass is 9.92. The molecular formula is C16H22ClN3O2. The first-order chi connectivity index (χ1) is 10.1. The van der Waals surface area contributed by atoms with Gasteiger partial charge in [0.2, 0.25) is 11.8 Å². The summed E-state index contributed by atoms with van der Waals surface area (Å²) in [5.74, 6) is 0.176. The third-order valence-corrected chi connectivity index (χ3v) is 4.27. The molecule has 2 atom stereocenters. The van der Waals surface area contributed by atoms with E-state index in [1.807, 2.05) is 18.2 Å². The fourth-order valence-corrected chi connectivity index (χ4v) is 3.06. The molecule has 0 saturated carbocycles. The molecule has 0 aliphatic carbocycles. The average Bonchev–Trinajstić information content (AvgIpc) is 2.46. The molecule has 1 aromatic carbocycles. The summed E-state index contributed by atoms with van der Waals surface area (Å²) in [6.45, 7) is 2.99. The second-order valence-corrected chi connectivity index (χ2v) is 5.99. The number of halogens is 1. The van der Waals surface area contributed by atoms with Crippen LogP contribution in [-0.2, 0) is 16.0 Å². The van der Waals surface area contributed by atoms with Gasteiger partial charge in [-0.25, -0.2) is 0 Å². The number of anilines is 2. The number of nitrogens with one attached hydrogen (secondary N) is 3. The summed E-state index contributed by atoms with van der Waals surface area (Å²) in [6, 6.07) is 6.14. The highest BCUT2D eigenvalue weighted by Gasteiger charge is 2.25. The molecule has 0 bridgehead atoms. The standard InChI is InChI=1S/C16H21N3O2.ClH/c1-10-8-12(6-7-17-10)16(21)18-13-4-2-11-3-5-15(20)19-14(11)9-13;/h2,4,9-10,12,17H,3,5-8H2,1H3,(H,18,21)(H,19,20);1H/t10-,12-;/m0./s1. The Bertz CT molecular complexity index is 577. The molecule has 0 radical (unpaired) electrons. The van der Waals surface area contributed by atoms with E-state index >= 15 is 0 Å². The van der Waals surface area contributed by atoms with Crippen molar-refractivity contribution in [1.82, 2.24) is 5.32 Å². The van der Waals surface area contributed by atoms with E-state index in [0.717, 1.165) is 42.7 Å². The quantitative estimate of drug-likeness (QED) is 0.782. The van der Waals surface area contributed by atoms with Gasteiger partial charge in [-0.15, -0.1) is 12.4 Å². The van der Waals surface area contributed by atoms with E-state index in [1.54, 1.807) is 0 Å². The Morgan fingerprint density at radius 3 is 2.91 bits per heavy atom. The van der Waals surface area contributed by atoms with Crippen molar-refractivity contribution in [2.75, 3.05) is 17.2 Å². The Morgan fingerprint density at radius 1 is 1.32 bits per heavy atom. The molecule has 2 aliphatic rings. The van der Waals surface area contributed by atoms with Gasteiger partial charge in [0.15, 0.2) is 0 Å². The topological polar surface area (TPSA) is 70.2 Å². The second-order valence-electron chi connectivity index (χ2n) is 5.99. The summed E-state index contributed by atoms with van der Waals surface area (Å²) < 4.78 is 0. The normalized spacial score (nSPS) is 23.8. The number of piperidine rings is 1. The summed E-state index contributed by atoms with van der Waals surface area (Å²) >= 11 is 0.